The molecule has 3 rings (SSSR count). The first-order valence-electron chi connectivity index (χ1n) is 13.4. The van der Waals surface area contributed by atoms with Crippen molar-refractivity contribution in [2.24, 2.45) is 0 Å². The van der Waals surface area contributed by atoms with Crippen molar-refractivity contribution in [3.8, 4) is 0 Å². The fraction of sp³-hybridized carbons (Fsp3) is 0.438. The van der Waals surface area contributed by atoms with Crippen molar-refractivity contribution in [1.29, 1.82) is 0 Å². The molecule has 5 nitrogen and oxygen atoms in total. The molecule has 2 aromatic rings. The van der Waals surface area contributed by atoms with Gasteiger partial charge < -0.3 is 19.9 Å². The third-order valence-electron chi connectivity index (χ3n) is 2.83. The summed E-state index contributed by atoms with van der Waals surface area (Å²) in [5.41, 5.74) is -1.39. The number of likely N-dealkylation sites (N-methyl/N-ethyl adjacent to an activating group) is 1. The second kappa shape index (κ2) is 5.77. The van der Waals surface area contributed by atoms with Crippen LogP contribution < -0.4 is 5.31 Å². The normalized spacial score (nSPS) is 31.7. The van der Waals surface area contributed by atoms with E-state index >= 15 is 0 Å². The average Bonchev–Trinajstić information content (AvgIpc) is 3.16. The Kier molecular flexibility index (Phi) is 1.30. The maximum absolute atomic E-state index is 11.6. The van der Waals surface area contributed by atoms with Gasteiger partial charge in [0.25, 0.3) is 0 Å². The summed E-state index contributed by atoms with van der Waals surface area (Å²) in [7, 11) is 0. The number of amides is 1. The van der Waals surface area contributed by atoms with E-state index in [2.05, 4.69) is 4.74 Å². The zero-order chi connectivity index (χ0) is 27.8. The number of nitrogens with zero attached hydrogens (tertiary/aromatic N) is 1. The predicted molar refractivity (Wildman–Crippen MR) is 82.5 cm³/mol. The Hall–Kier alpha value is -2.01. The van der Waals surface area contributed by atoms with Gasteiger partial charge in [-0.3, -0.25) is 0 Å². The number of aromatic amines is 1. The van der Waals surface area contributed by atoms with Crippen LogP contribution in [-0.2, 0) is 17.5 Å². The number of aryl methyl sites for hydroxylation is 1. The van der Waals surface area contributed by atoms with Crippen molar-refractivity contribution in [2.45, 2.75) is 18.8 Å². The molecule has 2 heterocycles. The summed E-state index contributed by atoms with van der Waals surface area (Å²) in [6.45, 7) is -10.5. The summed E-state index contributed by atoms with van der Waals surface area (Å²) in [5.74, 6) is 0. The highest BCUT2D eigenvalue weighted by Crippen LogP contribution is 2.21. The van der Waals surface area contributed by atoms with Crippen molar-refractivity contribution in [3.63, 3.8) is 0 Å². The molecule has 1 aromatic heterocycles. The summed E-state index contributed by atoms with van der Waals surface area (Å²) >= 11 is 0. The van der Waals surface area contributed by atoms with Crippen molar-refractivity contribution in [1.82, 2.24) is 15.2 Å². The van der Waals surface area contributed by atoms with Gasteiger partial charge in [-0.25, -0.2) is 4.79 Å². The number of alkyl carbamates (subject to hydrolysis) is 1. The van der Waals surface area contributed by atoms with Gasteiger partial charge >= 0.3 is 6.09 Å². The topological polar surface area (TPSA) is 57.4 Å². The largest absolute Gasteiger partial charge is 0.447 e. The lowest BCUT2D eigenvalue weighted by atomic mass is 10.0. The highest BCUT2D eigenvalue weighted by Gasteiger charge is 2.22. The number of benzene rings is 1. The lowest BCUT2D eigenvalue weighted by molar-refractivity contribution is 0.177. The lowest BCUT2D eigenvalue weighted by Crippen LogP contribution is -2.28. The van der Waals surface area contributed by atoms with E-state index in [9.17, 15) is 4.79 Å². The number of hydrogen-bond acceptors (Lipinski definition) is 3. The SMILES string of the molecule is [2H]c1c(C([2H])([2H])[C@H]2COC(=O)N2[2H])c([2H])c2c(CC([2H])([2H])N(C([2H])([2H])[2H])C([2H])([2H])[2H])cn([2H])c2c1[2H]. The third-order valence-corrected chi connectivity index (χ3v) is 2.83. The van der Waals surface area contributed by atoms with Crippen LogP contribution in [0, 0.1) is 0 Å². The van der Waals surface area contributed by atoms with E-state index in [-0.39, 0.29) is 26.7 Å². The Morgan fingerprint density at radius 3 is 3.29 bits per heavy atom. The highest BCUT2D eigenvalue weighted by atomic mass is 16.6. The first-order valence-corrected chi connectivity index (χ1v) is 6.02. The van der Waals surface area contributed by atoms with Crippen LogP contribution in [0.2, 0.25) is 2.82 Å². The second-order valence-corrected chi connectivity index (χ2v) is 4.29. The van der Waals surface area contributed by atoms with E-state index in [0.717, 1.165) is 6.20 Å². The van der Waals surface area contributed by atoms with E-state index in [4.69, 9.17) is 20.6 Å². The molecule has 0 bridgehead atoms. The molecule has 1 aliphatic heterocycles. The highest BCUT2D eigenvalue weighted by molar-refractivity contribution is 5.84. The fourth-order valence-corrected chi connectivity index (χ4v) is 1.90. The molecule has 112 valence electrons. The minimum atomic E-state index is -3.40. The van der Waals surface area contributed by atoms with E-state index in [0.29, 0.717) is 4.98 Å². The monoisotopic (exact) mass is 302 g/mol. The van der Waals surface area contributed by atoms with Gasteiger partial charge in [-0.15, -0.1) is 0 Å². The molecule has 21 heavy (non-hydrogen) atoms. The number of carbonyl (C=O) groups excluding carboxylic acids is 1. The van der Waals surface area contributed by atoms with E-state index in [1.807, 2.05) is 0 Å². The quantitative estimate of drug-likeness (QED) is 0.887. The Bertz CT molecular complexity index is 1190. The van der Waals surface area contributed by atoms with Crippen molar-refractivity contribution in [2.75, 3.05) is 27.1 Å². The van der Waals surface area contributed by atoms with Gasteiger partial charge in [-0.05, 0) is 50.0 Å². The van der Waals surface area contributed by atoms with E-state index in [1.54, 1.807) is 0 Å². The molecule has 0 aliphatic carbocycles. The molecule has 1 amide bonds. The van der Waals surface area contributed by atoms with Gasteiger partial charge in [-0.1, -0.05) is 6.04 Å². The van der Waals surface area contributed by atoms with Crippen LogP contribution >= 0.6 is 0 Å². The van der Waals surface area contributed by atoms with Crippen LogP contribution in [0.3, 0.4) is 0 Å². The Morgan fingerprint density at radius 2 is 2.52 bits per heavy atom. The molecule has 0 saturated carbocycles. The number of nitrogens with one attached hydrogen (secondary N) is 2. The average molecular weight is 302 g/mol. The molecule has 1 fully saturated rings. The van der Waals surface area contributed by atoms with Crippen LogP contribution in [0.25, 0.3) is 10.9 Å². The number of carbonyl (C=O) groups is 1. The van der Waals surface area contributed by atoms with Gasteiger partial charge in [0, 0.05) is 37.3 Å². The molecule has 1 atom stereocenters. The summed E-state index contributed by atoms with van der Waals surface area (Å²) in [6.07, 6.45) is -3.98. The zero-order valence-electron chi connectivity index (χ0n) is 25.7. The fourth-order valence-electron chi connectivity index (χ4n) is 1.90. The van der Waals surface area contributed by atoms with Gasteiger partial charge in [0.1, 0.15) is 6.61 Å². The van der Waals surface area contributed by atoms with E-state index in [1.165, 1.54) is 0 Å². The Labute approximate surface area is 145 Å². The number of cyclic esters (lactones) is 1. The first kappa shape index (κ1) is 4.74. The Balaban J connectivity index is 2.25. The summed E-state index contributed by atoms with van der Waals surface area (Å²) < 4.78 is 124. The van der Waals surface area contributed by atoms with Gasteiger partial charge in [0.05, 0.1) is 10.2 Å². The number of fused-ring (bicyclic) bond motifs is 1. The van der Waals surface area contributed by atoms with Crippen LogP contribution in [0.5, 0.6) is 0 Å². The number of rotatable bonds is 5. The molecule has 0 radical (unpaired) electrons. The van der Waals surface area contributed by atoms with Crippen molar-refractivity contribution >= 4 is 17.0 Å². The lowest BCUT2D eigenvalue weighted by Gasteiger charge is -2.09. The third kappa shape index (κ3) is 3.19. The molecule has 0 unspecified atom stereocenters. The van der Waals surface area contributed by atoms with Crippen LogP contribution in [0.15, 0.2) is 24.3 Å². The molecule has 0 spiro atoms. The maximum atomic E-state index is 11.6. The summed E-state index contributed by atoms with van der Waals surface area (Å²) in [6, 6.07) is -3.87. The van der Waals surface area contributed by atoms with Crippen LogP contribution in [0.1, 0.15) is 28.9 Å². The molecule has 1 aromatic carbocycles. The minimum absolute atomic E-state index is 0.201. The molecule has 1 aliphatic rings. The molecule has 2 N–H and O–H groups in total. The number of H-pyrrole nitrogens is 1. The predicted octanol–water partition coefficient (Wildman–Crippen LogP) is 1.92. The second-order valence-electron chi connectivity index (χ2n) is 4.29. The summed E-state index contributed by atoms with van der Waals surface area (Å²) in [5, 5.41) is -0.168. The molecular weight excluding hydrogens is 266 g/mol. The zero-order valence-corrected chi connectivity index (χ0v) is 10.7. The molecule has 1 saturated heterocycles. The number of ether oxygens (including phenoxy) is 1. The van der Waals surface area contributed by atoms with Crippen LogP contribution in [-0.4, -0.2) is 49.1 Å². The van der Waals surface area contributed by atoms with Crippen LogP contribution in [0.4, 0.5) is 4.79 Å². The van der Waals surface area contributed by atoms with Crippen molar-refractivity contribution < 1.29 is 30.2 Å². The standard InChI is InChI=1S/C16H21N3O2/c1-19(2)6-5-12-9-17-15-4-3-11(8-14(12)15)7-13-10-21-16(20)18-13/h3-4,8-9,13,17H,5-7,10H2,1-2H3,(H,18,20)/t13-/m0/s1/i1D3,2D3,3D,4D,6D2,7D2,8D/hD2. The van der Waals surface area contributed by atoms with Gasteiger partial charge in [-0.2, -0.15) is 0 Å². The van der Waals surface area contributed by atoms with Crippen molar-refractivity contribution in [3.05, 3.63) is 35.5 Å². The summed E-state index contributed by atoms with van der Waals surface area (Å²) in [4.78, 5) is 11.8. The molecular formula is C16H21N3O2. The first-order chi connectivity index (χ1) is 16.1. The smallest absolute Gasteiger partial charge is 0.407 e. The number of aromatic nitrogens is 1. The number of hydrogen-bond donors (Lipinski definition) is 2. The maximum Gasteiger partial charge on any atom is 0.407 e. The van der Waals surface area contributed by atoms with Gasteiger partial charge in [0.2, 0.25) is 0 Å². The Morgan fingerprint density at radius 1 is 1.62 bits per heavy atom. The van der Waals surface area contributed by atoms with E-state index < -0.39 is 75.7 Å². The molecule has 5 heteroatoms. The minimum Gasteiger partial charge on any atom is -0.447 e. The van der Waals surface area contributed by atoms with Gasteiger partial charge in [0.15, 0.2) is 2.82 Å².